The summed E-state index contributed by atoms with van der Waals surface area (Å²) in [6.45, 7) is 4.04. The predicted octanol–water partition coefficient (Wildman–Crippen LogP) is 2.64. The van der Waals surface area contributed by atoms with Gasteiger partial charge >= 0.3 is 5.97 Å². The number of carbonyl (C=O) groups is 1. The monoisotopic (exact) mass is 228 g/mol. The fraction of sp³-hybridized carbons (Fsp3) is 0.400. The summed E-state index contributed by atoms with van der Waals surface area (Å²) in [7, 11) is 0. The average molecular weight is 229 g/mol. The smallest absolute Gasteiger partial charge is 0.337 e. The SMILES string of the molecule is CCC(C)Nc1ncc(C(=O)O)cc1Cl. The van der Waals surface area contributed by atoms with E-state index in [9.17, 15) is 4.79 Å². The molecule has 2 N–H and O–H groups in total. The maximum Gasteiger partial charge on any atom is 0.337 e. The van der Waals surface area contributed by atoms with Gasteiger partial charge in [-0.25, -0.2) is 9.78 Å². The van der Waals surface area contributed by atoms with Gasteiger partial charge in [-0.2, -0.15) is 0 Å². The lowest BCUT2D eigenvalue weighted by molar-refractivity contribution is 0.0696. The Morgan fingerprint density at radius 3 is 2.87 bits per heavy atom. The minimum absolute atomic E-state index is 0.0923. The highest BCUT2D eigenvalue weighted by atomic mass is 35.5. The Balaban J connectivity index is 2.88. The molecule has 0 aromatic carbocycles. The van der Waals surface area contributed by atoms with E-state index in [0.29, 0.717) is 10.8 Å². The zero-order valence-electron chi connectivity index (χ0n) is 8.62. The van der Waals surface area contributed by atoms with Crippen LogP contribution < -0.4 is 5.32 Å². The molecule has 82 valence electrons. The third kappa shape index (κ3) is 3.09. The second-order valence-corrected chi connectivity index (χ2v) is 3.72. The van der Waals surface area contributed by atoms with Gasteiger partial charge in [0.05, 0.1) is 10.6 Å². The first-order valence-electron chi connectivity index (χ1n) is 4.70. The number of carboxylic acid groups (broad SMARTS) is 1. The third-order valence-electron chi connectivity index (χ3n) is 2.08. The van der Waals surface area contributed by atoms with Crippen molar-refractivity contribution < 1.29 is 9.90 Å². The van der Waals surface area contributed by atoms with Crippen molar-refractivity contribution in [2.75, 3.05) is 5.32 Å². The van der Waals surface area contributed by atoms with Gasteiger partial charge in [0.25, 0.3) is 0 Å². The third-order valence-corrected chi connectivity index (χ3v) is 2.37. The van der Waals surface area contributed by atoms with Crippen LogP contribution >= 0.6 is 11.6 Å². The summed E-state index contributed by atoms with van der Waals surface area (Å²) in [5, 5.41) is 12.1. The predicted molar refractivity (Wildman–Crippen MR) is 59.6 cm³/mol. The zero-order chi connectivity index (χ0) is 11.4. The minimum Gasteiger partial charge on any atom is -0.478 e. The Hall–Kier alpha value is -1.29. The van der Waals surface area contributed by atoms with Crippen molar-refractivity contribution in [1.82, 2.24) is 4.98 Å². The average Bonchev–Trinajstić information content (AvgIpc) is 2.20. The number of aromatic carboxylic acids is 1. The highest BCUT2D eigenvalue weighted by Crippen LogP contribution is 2.21. The number of hydrogen-bond acceptors (Lipinski definition) is 3. The van der Waals surface area contributed by atoms with Crippen LogP contribution in [0.5, 0.6) is 0 Å². The molecule has 0 saturated carbocycles. The number of nitrogens with one attached hydrogen (secondary N) is 1. The molecular formula is C10H13ClN2O2. The number of pyridine rings is 1. The van der Waals surface area contributed by atoms with Crippen molar-refractivity contribution in [1.29, 1.82) is 0 Å². The molecule has 0 fully saturated rings. The van der Waals surface area contributed by atoms with Gasteiger partial charge in [-0.15, -0.1) is 0 Å². The summed E-state index contributed by atoms with van der Waals surface area (Å²) in [6, 6.07) is 1.65. The number of carboxylic acids is 1. The molecule has 0 aliphatic carbocycles. The highest BCUT2D eigenvalue weighted by molar-refractivity contribution is 6.33. The molecule has 1 atom stereocenters. The topological polar surface area (TPSA) is 62.2 Å². The highest BCUT2D eigenvalue weighted by Gasteiger charge is 2.09. The van der Waals surface area contributed by atoms with Crippen LogP contribution in [0, 0.1) is 0 Å². The maximum absolute atomic E-state index is 10.6. The number of aromatic nitrogens is 1. The van der Waals surface area contributed by atoms with E-state index in [-0.39, 0.29) is 11.6 Å². The van der Waals surface area contributed by atoms with E-state index in [0.717, 1.165) is 6.42 Å². The van der Waals surface area contributed by atoms with Crippen molar-refractivity contribution in [3.05, 3.63) is 22.8 Å². The second-order valence-electron chi connectivity index (χ2n) is 3.31. The zero-order valence-corrected chi connectivity index (χ0v) is 9.38. The first kappa shape index (κ1) is 11.8. The maximum atomic E-state index is 10.6. The molecule has 1 heterocycles. The van der Waals surface area contributed by atoms with E-state index in [1.807, 2.05) is 13.8 Å². The fourth-order valence-electron chi connectivity index (χ4n) is 0.997. The van der Waals surface area contributed by atoms with Crippen LogP contribution in [0.15, 0.2) is 12.3 Å². The van der Waals surface area contributed by atoms with E-state index in [1.165, 1.54) is 12.3 Å². The van der Waals surface area contributed by atoms with E-state index in [1.54, 1.807) is 0 Å². The Bertz CT molecular complexity index is 368. The molecule has 0 saturated heterocycles. The minimum atomic E-state index is -1.03. The summed E-state index contributed by atoms with van der Waals surface area (Å²) in [5.41, 5.74) is 0.0923. The summed E-state index contributed by atoms with van der Waals surface area (Å²) in [6.07, 6.45) is 2.23. The van der Waals surface area contributed by atoms with Gasteiger partial charge in [-0.1, -0.05) is 18.5 Å². The Labute approximate surface area is 93.3 Å². The van der Waals surface area contributed by atoms with Gasteiger partial charge in [-0.05, 0) is 19.4 Å². The first-order valence-corrected chi connectivity index (χ1v) is 5.07. The van der Waals surface area contributed by atoms with Crippen LogP contribution in [0.25, 0.3) is 0 Å². The number of anilines is 1. The summed E-state index contributed by atoms with van der Waals surface area (Å²) < 4.78 is 0. The molecule has 0 amide bonds. The van der Waals surface area contributed by atoms with Gasteiger partial charge in [-0.3, -0.25) is 0 Å². The molecule has 1 rings (SSSR count). The van der Waals surface area contributed by atoms with E-state index >= 15 is 0 Å². The van der Waals surface area contributed by atoms with Crippen molar-refractivity contribution in [3.8, 4) is 0 Å². The molecule has 1 unspecified atom stereocenters. The van der Waals surface area contributed by atoms with E-state index < -0.39 is 5.97 Å². The van der Waals surface area contributed by atoms with Crippen molar-refractivity contribution in [3.63, 3.8) is 0 Å². The molecule has 1 aromatic rings. The van der Waals surface area contributed by atoms with Crippen LogP contribution in [-0.2, 0) is 0 Å². The van der Waals surface area contributed by atoms with Gasteiger partial charge in [0.2, 0.25) is 0 Å². The lowest BCUT2D eigenvalue weighted by atomic mass is 10.2. The lowest BCUT2D eigenvalue weighted by Gasteiger charge is -2.13. The van der Waals surface area contributed by atoms with Crippen molar-refractivity contribution >= 4 is 23.4 Å². The molecule has 0 aliphatic rings. The Morgan fingerprint density at radius 1 is 1.73 bits per heavy atom. The van der Waals surface area contributed by atoms with Crippen LogP contribution in [0.3, 0.4) is 0 Å². The van der Waals surface area contributed by atoms with Gasteiger partial charge in [0.1, 0.15) is 5.82 Å². The molecule has 0 aliphatic heterocycles. The molecule has 0 radical (unpaired) electrons. The van der Waals surface area contributed by atoms with E-state index in [2.05, 4.69) is 10.3 Å². The summed E-state index contributed by atoms with van der Waals surface area (Å²) >= 11 is 5.89. The number of halogens is 1. The summed E-state index contributed by atoms with van der Waals surface area (Å²) in [5.74, 6) is -0.504. The fourth-order valence-corrected chi connectivity index (χ4v) is 1.22. The van der Waals surface area contributed by atoms with Gasteiger partial charge < -0.3 is 10.4 Å². The van der Waals surface area contributed by atoms with Crippen LogP contribution in [0.4, 0.5) is 5.82 Å². The molecule has 1 aromatic heterocycles. The molecule has 5 heteroatoms. The number of rotatable bonds is 4. The van der Waals surface area contributed by atoms with Crippen LogP contribution in [-0.4, -0.2) is 22.1 Å². The van der Waals surface area contributed by atoms with Crippen LogP contribution in [0.1, 0.15) is 30.6 Å². The Kier molecular flexibility index (Phi) is 3.91. The van der Waals surface area contributed by atoms with Crippen molar-refractivity contribution in [2.45, 2.75) is 26.3 Å². The van der Waals surface area contributed by atoms with Crippen LogP contribution in [0.2, 0.25) is 5.02 Å². The first-order chi connectivity index (χ1) is 7.04. The Morgan fingerprint density at radius 2 is 2.40 bits per heavy atom. The largest absolute Gasteiger partial charge is 0.478 e. The molecule has 4 nitrogen and oxygen atoms in total. The molecular weight excluding hydrogens is 216 g/mol. The van der Waals surface area contributed by atoms with E-state index in [4.69, 9.17) is 16.7 Å². The number of nitrogens with zero attached hydrogens (tertiary/aromatic N) is 1. The molecule has 0 spiro atoms. The van der Waals surface area contributed by atoms with Gasteiger partial charge in [0.15, 0.2) is 0 Å². The van der Waals surface area contributed by atoms with Crippen molar-refractivity contribution in [2.24, 2.45) is 0 Å². The molecule has 15 heavy (non-hydrogen) atoms. The second kappa shape index (κ2) is 4.98. The van der Waals surface area contributed by atoms with Gasteiger partial charge in [0, 0.05) is 12.2 Å². The molecule has 0 bridgehead atoms. The standard InChI is InChI=1S/C10H13ClN2O2/c1-3-6(2)13-9-8(11)4-7(5-12-9)10(14)15/h4-6H,3H2,1-2H3,(H,12,13)(H,14,15). The summed E-state index contributed by atoms with van der Waals surface area (Å²) in [4.78, 5) is 14.6. The lowest BCUT2D eigenvalue weighted by Crippen LogP contribution is -2.15. The normalized spacial score (nSPS) is 12.2. The number of hydrogen-bond donors (Lipinski definition) is 2. The quantitative estimate of drug-likeness (QED) is 0.832.